The molecule has 7 heteroatoms. The highest BCUT2D eigenvalue weighted by atomic mass is 16.2. The van der Waals surface area contributed by atoms with E-state index in [0.29, 0.717) is 5.56 Å². The van der Waals surface area contributed by atoms with E-state index in [2.05, 4.69) is 30.8 Å². The van der Waals surface area contributed by atoms with Gasteiger partial charge in [-0.3, -0.25) is 4.79 Å². The first-order valence-corrected chi connectivity index (χ1v) is 9.01. The summed E-state index contributed by atoms with van der Waals surface area (Å²) in [6.45, 7) is 3.43. The number of aromatic nitrogens is 3. The molecular weight excluding hydrogens is 340 g/mol. The Morgan fingerprint density at radius 2 is 1.67 bits per heavy atom. The predicted molar refractivity (Wildman–Crippen MR) is 106 cm³/mol. The second-order valence-electron chi connectivity index (χ2n) is 6.79. The van der Waals surface area contributed by atoms with Crippen molar-refractivity contribution in [3.63, 3.8) is 0 Å². The molecule has 1 saturated heterocycles. The summed E-state index contributed by atoms with van der Waals surface area (Å²) in [5, 5.41) is 1.08. The van der Waals surface area contributed by atoms with E-state index in [0.717, 1.165) is 48.7 Å². The first kappa shape index (κ1) is 17.2. The molecule has 4 rings (SSSR count). The summed E-state index contributed by atoms with van der Waals surface area (Å²) in [7, 11) is 3.48. The average molecular weight is 362 g/mol. The number of amides is 1. The summed E-state index contributed by atoms with van der Waals surface area (Å²) in [5.74, 6) is 1.85. The molecule has 0 saturated carbocycles. The standard InChI is InChI=1S/C20H22N6O/c1-24(2)20(27)15-7-8-18(21-13-15)25-9-11-26(12-10-25)19-16-5-3-4-6-17(16)22-14-23-19/h3-8,13-14H,9-12H2,1-2H3. The van der Waals surface area contributed by atoms with E-state index in [1.54, 1.807) is 31.5 Å². The highest BCUT2D eigenvalue weighted by molar-refractivity contribution is 5.93. The second kappa shape index (κ2) is 7.19. The van der Waals surface area contributed by atoms with Gasteiger partial charge in [0.25, 0.3) is 5.91 Å². The number of anilines is 2. The van der Waals surface area contributed by atoms with Crippen LogP contribution in [0.4, 0.5) is 11.6 Å². The zero-order chi connectivity index (χ0) is 18.8. The lowest BCUT2D eigenvalue weighted by atomic mass is 10.2. The van der Waals surface area contributed by atoms with Gasteiger partial charge in [-0.25, -0.2) is 15.0 Å². The van der Waals surface area contributed by atoms with Crippen molar-refractivity contribution in [3.8, 4) is 0 Å². The highest BCUT2D eigenvalue weighted by Gasteiger charge is 2.21. The Morgan fingerprint density at radius 1 is 0.926 bits per heavy atom. The van der Waals surface area contributed by atoms with Crippen LogP contribution in [0, 0.1) is 0 Å². The smallest absolute Gasteiger partial charge is 0.254 e. The van der Waals surface area contributed by atoms with Crippen LogP contribution >= 0.6 is 0 Å². The molecule has 1 aliphatic heterocycles. The van der Waals surface area contributed by atoms with Gasteiger partial charge in [0.2, 0.25) is 0 Å². The number of piperazine rings is 1. The average Bonchev–Trinajstić information content (AvgIpc) is 2.73. The van der Waals surface area contributed by atoms with Crippen molar-refractivity contribution in [2.75, 3.05) is 50.1 Å². The maximum Gasteiger partial charge on any atom is 0.254 e. The van der Waals surface area contributed by atoms with Crippen molar-refractivity contribution in [1.29, 1.82) is 0 Å². The van der Waals surface area contributed by atoms with Crippen LogP contribution in [0.15, 0.2) is 48.9 Å². The van der Waals surface area contributed by atoms with Gasteiger partial charge in [0.1, 0.15) is 18.0 Å². The molecule has 0 atom stereocenters. The van der Waals surface area contributed by atoms with Gasteiger partial charge in [-0.2, -0.15) is 0 Å². The Hall–Kier alpha value is -3.22. The number of benzene rings is 1. The van der Waals surface area contributed by atoms with Crippen LogP contribution in [0.3, 0.4) is 0 Å². The molecule has 27 heavy (non-hydrogen) atoms. The van der Waals surface area contributed by atoms with Gasteiger partial charge in [0.15, 0.2) is 0 Å². The molecule has 0 radical (unpaired) electrons. The summed E-state index contributed by atoms with van der Waals surface area (Å²) in [6.07, 6.45) is 3.29. The topological polar surface area (TPSA) is 65.5 Å². The third-order valence-corrected chi connectivity index (χ3v) is 4.83. The number of hydrogen-bond donors (Lipinski definition) is 0. The van der Waals surface area contributed by atoms with Crippen molar-refractivity contribution in [3.05, 3.63) is 54.5 Å². The van der Waals surface area contributed by atoms with E-state index >= 15 is 0 Å². The van der Waals surface area contributed by atoms with Gasteiger partial charge in [0.05, 0.1) is 11.1 Å². The lowest BCUT2D eigenvalue weighted by Crippen LogP contribution is -2.47. The van der Waals surface area contributed by atoms with Crippen molar-refractivity contribution < 1.29 is 4.79 Å². The first-order chi connectivity index (χ1) is 13.1. The Labute approximate surface area is 158 Å². The summed E-state index contributed by atoms with van der Waals surface area (Å²) in [4.78, 5) is 31.4. The van der Waals surface area contributed by atoms with E-state index in [9.17, 15) is 4.79 Å². The summed E-state index contributed by atoms with van der Waals surface area (Å²) in [5.41, 5.74) is 1.57. The van der Waals surface area contributed by atoms with E-state index in [1.807, 2.05) is 30.3 Å². The minimum Gasteiger partial charge on any atom is -0.353 e. The molecule has 0 spiro atoms. The minimum absolute atomic E-state index is 0.0329. The van der Waals surface area contributed by atoms with Crippen molar-refractivity contribution >= 4 is 28.4 Å². The number of fused-ring (bicyclic) bond motifs is 1. The Kier molecular flexibility index (Phi) is 4.58. The molecule has 7 nitrogen and oxygen atoms in total. The number of carbonyl (C=O) groups is 1. The van der Waals surface area contributed by atoms with Crippen LogP contribution in [0.25, 0.3) is 10.9 Å². The molecule has 3 heterocycles. The zero-order valence-corrected chi connectivity index (χ0v) is 15.5. The fraction of sp³-hybridized carbons (Fsp3) is 0.300. The number of nitrogens with zero attached hydrogens (tertiary/aromatic N) is 6. The fourth-order valence-corrected chi connectivity index (χ4v) is 3.35. The van der Waals surface area contributed by atoms with Crippen LogP contribution in [-0.4, -0.2) is 66.0 Å². The SMILES string of the molecule is CN(C)C(=O)c1ccc(N2CCN(c3ncnc4ccccc34)CC2)nc1. The Balaban J connectivity index is 1.47. The van der Waals surface area contributed by atoms with E-state index in [4.69, 9.17) is 0 Å². The maximum absolute atomic E-state index is 12.0. The summed E-state index contributed by atoms with van der Waals surface area (Å²) < 4.78 is 0. The normalized spacial score (nSPS) is 14.4. The quantitative estimate of drug-likeness (QED) is 0.711. The maximum atomic E-state index is 12.0. The second-order valence-corrected chi connectivity index (χ2v) is 6.79. The number of carbonyl (C=O) groups excluding carboxylic acids is 1. The number of pyridine rings is 1. The molecule has 1 aliphatic rings. The van der Waals surface area contributed by atoms with E-state index in [-0.39, 0.29) is 5.91 Å². The molecule has 2 aromatic heterocycles. The molecule has 1 fully saturated rings. The molecule has 3 aromatic rings. The van der Waals surface area contributed by atoms with Gasteiger partial charge in [0, 0.05) is 51.9 Å². The van der Waals surface area contributed by atoms with E-state index in [1.165, 1.54) is 0 Å². The monoisotopic (exact) mass is 362 g/mol. The lowest BCUT2D eigenvalue weighted by molar-refractivity contribution is 0.0827. The number of hydrogen-bond acceptors (Lipinski definition) is 6. The van der Waals surface area contributed by atoms with Crippen LogP contribution in [0.5, 0.6) is 0 Å². The third-order valence-electron chi connectivity index (χ3n) is 4.83. The zero-order valence-electron chi connectivity index (χ0n) is 15.5. The minimum atomic E-state index is -0.0329. The van der Waals surface area contributed by atoms with Gasteiger partial charge in [-0.05, 0) is 24.3 Å². The number of para-hydroxylation sites is 1. The Morgan fingerprint density at radius 3 is 2.37 bits per heavy atom. The third kappa shape index (κ3) is 3.40. The first-order valence-electron chi connectivity index (χ1n) is 9.01. The van der Waals surface area contributed by atoms with Gasteiger partial charge in [-0.1, -0.05) is 12.1 Å². The molecular formula is C20H22N6O. The molecule has 0 aliphatic carbocycles. The highest BCUT2D eigenvalue weighted by Crippen LogP contribution is 2.24. The van der Waals surface area contributed by atoms with Crippen LogP contribution in [0.2, 0.25) is 0 Å². The van der Waals surface area contributed by atoms with Crippen LogP contribution in [-0.2, 0) is 0 Å². The molecule has 0 N–H and O–H groups in total. The van der Waals surface area contributed by atoms with Crippen molar-refractivity contribution in [1.82, 2.24) is 19.9 Å². The van der Waals surface area contributed by atoms with Crippen LogP contribution in [0.1, 0.15) is 10.4 Å². The summed E-state index contributed by atoms with van der Waals surface area (Å²) >= 11 is 0. The van der Waals surface area contributed by atoms with E-state index < -0.39 is 0 Å². The van der Waals surface area contributed by atoms with Crippen LogP contribution < -0.4 is 9.80 Å². The predicted octanol–water partition coefficient (Wildman–Crippen LogP) is 2.05. The van der Waals surface area contributed by atoms with Gasteiger partial charge >= 0.3 is 0 Å². The number of rotatable bonds is 3. The fourth-order valence-electron chi connectivity index (χ4n) is 3.35. The molecule has 1 amide bonds. The van der Waals surface area contributed by atoms with Gasteiger partial charge < -0.3 is 14.7 Å². The lowest BCUT2D eigenvalue weighted by Gasteiger charge is -2.36. The Bertz CT molecular complexity index is 943. The summed E-state index contributed by atoms with van der Waals surface area (Å²) in [6, 6.07) is 11.9. The largest absolute Gasteiger partial charge is 0.353 e. The van der Waals surface area contributed by atoms with Gasteiger partial charge in [-0.15, -0.1) is 0 Å². The van der Waals surface area contributed by atoms with Crippen molar-refractivity contribution in [2.45, 2.75) is 0 Å². The van der Waals surface area contributed by atoms with Crippen molar-refractivity contribution in [2.24, 2.45) is 0 Å². The molecule has 1 aromatic carbocycles. The molecule has 0 bridgehead atoms. The molecule has 138 valence electrons. The molecule has 0 unspecified atom stereocenters.